The third kappa shape index (κ3) is 2.82. The van der Waals surface area contributed by atoms with Crippen LogP contribution in [0.5, 0.6) is 0 Å². The highest BCUT2D eigenvalue weighted by Gasteiger charge is 2.42. The molecule has 0 spiro atoms. The van der Waals surface area contributed by atoms with E-state index in [0.717, 1.165) is 24.6 Å². The SMILES string of the molecule is CCS(=O)(=O)C1CSCCN1CC1CC2CCC1N2. The number of nitrogens with one attached hydrogen (secondary N) is 1. The molecule has 0 aromatic carbocycles. The van der Waals surface area contributed by atoms with Crippen LogP contribution in [0.15, 0.2) is 0 Å². The molecule has 4 atom stereocenters. The fourth-order valence-corrected chi connectivity index (χ4v) is 6.88. The summed E-state index contributed by atoms with van der Waals surface area (Å²) in [4.78, 5) is 2.25. The number of rotatable bonds is 4. The summed E-state index contributed by atoms with van der Waals surface area (Å²) in [7, 11) is -2.94. The van der Waals surface area contributed by atoms with E-state index in [-0.39, 0.29) is 11.1 Å². The van der Waals surface area contributed by atoms with Crippen molar-refractivity contribution in [3.63, 3.8) is 0 Å². The van der Waals surface area contributed by atoms with E-state index in [1.165, 1.54) is 19.3 Å². The molecule has 3 aliphatic heterocycles. The molecule has 3 aliphatic rings. The van der Waals surface area contributed by atoms with E-state index >= 15 is 0 Å². The molecule has 1 N–H and O–H groups in total. The van der Waals surface area contributed by atoms with Crippen LogP contribution in [-0.4, -0.2) is 61.1 Å². The molecule has 110 valence electrons. The quantitative estimate of drug-likeness (QED) is 0.837. The van der Waals surface area contributed by atoms with Gasteiger partial charge in [-0.3, -0.25) is 4.90 Å². The minimum absolute atomic E-state index is 0.240. The van der Waals surface area contributed by atoms with Crippen LogP contribution in [0.3, 0.4) is 0 Å². The van der Waals surface area contributed by atoms with E-state index < -0.39 is 9.84 Å². The molecule has 0 saturated carbocycles. The third-order valence-electron chi connectivity index (χ3n) is 4.91. The molecule has 2 bridgehead atoms. The molecule has 3 rings (SSSR count). The van der Waals surface area contributed by atoms with Crippen molar-refractivity contribution >= 4 is 21.6 Å². The summed E-state index contributed by atoms with van der Waals surface area (Å²) in [6.45, 7) is 3.67. The number of hydrogen-bond acceptors (Lipinski definition) is 5. The van der Waals surface area contributed by atoms with Crippen molar-refractivity contribution in [3.8, 4) is 0 Å². The van der Waals surface area contributed by atoms with Crippen molar-refractivity contribution in [1.29, 1.82) is 0 Å². The van der Waals surface area contributed by atoms with E-state index in [1.807, 2.05) is 0 Å². The van der Waals surface area contributed by atoms with Crippen LogP contribution in [-0.2, 0) is 9.84 Å². The van der Waals surface area contributed by atoms with Crippen molar-refractivity contribution in [2.24, 2.45) is 5.92 Å². The molecular weight excluding hydrogens is 280 g/mol. The Labute approximate surface area is 120 Å². The molecule has 3 fully saturated rings. The van der Waals surface area contributed by atoms with Crippen molar-refractivity contribution < 1.29 is 8.42 Å². The van der Waals surface area contributed by atoms with E-state index in [1.54, 1.807) is 18.7 Å². The summed E-state index contributed by atoms with van der Waals surface area (Å²) in [6, 6.07) is 1.35. The molecule has 0 radical (unpaired) electrons. The molecule has 6 heteroatoms. The molecule has 3 saturated heterocycles. The number of hydrogen-bond donors (Lipinski definition) is 1. The highest BCUT2D eigenvalue weighted by atomic mass is 32.2. The fourth-order valence-electron chi connectivity index (χ4n) is 3.79. The third-order valence-corrected chi connectivity index (χ3v) is 8.24. The molecule has 4 nitrogen and oxygen atoms in total. The average Bonchev–Trinajstić information content (AvgIpc) is 3.01. The lowest BCUT2D eigenvalue weighted by molar-refractivity contribution is 0.208. The predicted molar refractivity (Wildman–Crippen MR) is 80.2 cm³/mol. The van der Waals surface area contributed by atoms with E-state index in [0.29, 0.717) is 18.0 Å². The Morgan fingerprint density at radius 1 is 1.37 bits per heavy atom. The van der Waals surface area contributed by atoms with Crippen LogP contribution in [0.4, 0.5) is 0 Å². The maximum Gasteiger partial charge on any atom is 0.166 e. The van der Waals surface area contributed by atoms with Crippen molar-refractivity contribution in [3.05, 3.63) is 0 Å². The van der Waals surface area contributed by atoms with Gasteiger partial charge >= 0.3 is 0 Å². The first-order chi connectivity index (χ1) is 9.10. The van der Waals surface area contributed by atoms with Crippen LogP contribution in [0.2, 0.25) is 0 Å². The van der Waals surface area contributed by atoms with E-state index in [9.17, 15) is 8.42 Å². The lowest BCUT2D eigenvalue weighted by Crippen LogP contribution is -2.50. The Balaban J connectivity index is 1.67. The predicted octanol–water partition coefficient (Wildman–Crippen LogP) is 0.936. The fraction of sp³-hybridized carbons (Fsp3) is 1.00. The zero-order valence-corrected chi connectivity index (χ0v) is 13.2. The van der Waals surface area contributed by atoms with Gasteiger partial charge in [-0.25, -0.2) is 8.42 Å². The monoisotopic (exact) mass is 304 g/mol. The van der Waals surface area contributed by atoms with Crippen LogP contribution in [0.25, 0.3) is 0 Å². The molecule has 0 aliphatic carbocycles. The maximum absolute atomic E-state index is 12.2. The number of thioether (sulfide) groups is 1. The van der Waals surface area contributed by atoms with Gasteiger partial charge < -0.3 is 5.32 Å². The molecular formula is C13H24N2O2S2. The second-order valence-electron chi connectivity index (χ2n) is 6.02. The summed E-state index contributed by atoms with van der Waals surface area (Å²) in [5.41, 5.74) is 0. The van der Waals surface area contributed by atoms with Gasteiger partial charge in [0.05, 0.1) is 0 Å². The Bertz CT molecular complexity index is 426. The maximum atomic E-state index is 12.2. The summed E-state index contributed by atoms with van der Waals surface area (Å²) in [6.07, 6.45) is 3.84. The normalized spacial score (nSPS) is 39.8. The molecule has 19 heavy (non-hydrogen) atoms. The van der Waals surface area contributed by atoms with Gasteiger partial charge in [-0.1, -0.05) is 6.92 Å². The minimum Gasteiger partial charge on any atom is -0.311 e. The van der Waals surface area contributed by atoms with Gasteiger partial charge in [0.1, 0.15) is 5.37 Å². The standard InChI is InChI=1S/C13H24N2O2S2/c1-2-19(16,17)13-9-18-6-5-15(13)8-10-7-11-3-4-12(10)14-11/h10-14H,2-9H2,1H3. The topological polar surface area (TPSA) is 49.4 Å². The van der Waals surface area contributed by atoms with Crippen LogP contribution in [0.1, 0.15) is 26.2 Å². The number of fused-ring (bicyclic) bond motifs is 2. The summed E-state index contributed by atoms with van der Waals surface area (Å²) >= 11 is 1.79. The van der Waals surface area contributed by atoms with Gasteiger partial charge in [-0.15, -0.1) is 0 Å². The van der Waals surface area contributed by atoms with Gasteiger partial charge in [0.2, 0.25) is 0 Å². The first-order valence-electron chi connectivity index (χ1n) is 7.39. The molecule has 3 heterocycles. The molecule has 0 aromatic rings. The van der Waals surface area contributed by atoms with Crippen LogP contribution < -0.4 is 5.32 Å². The Kier molecular flexibility index (Phi) is 4.13. The second kappa shape index (κ2) is 5.54. The Hall–Kier alpha value is 0.220. The van der Waals surface area contributed by atoms with Gasteiger partial charge in [0.15, 0.2) is 9.84 Å². The highest BCUT2D eigenvalue weighted by Crippen LogP contribution is 2.35. The first kappa shape index (κ1) is 14.2. The lowest BCUT2D eigenvalue weighted by Gasteiger charge is -2.37. The molecule has 0 aromatic heterocycles. The van der Waals surface area contributed by atoms with Crippen molar-refractivity contribution in [2.45, 2.75) is 43.6 Å². The minimum atomic E-state index is -2.94. The summed E-state index contributed by atoms with van der Waals surface area (Å²) < 4.78 is 24.5. The summed E-state index contributed by atoms with van der Waals surface area (Å²) in [5, 5.41) is 3.41. The van der Waals surface area contributed by atoms with Crippen LogP contribution >= 0.6 is 11.8 Å². The number of sulfone groups is 1. The average molecular weight is 304 g/mol. The zero-order valence-electron chi connectivity index (χ0n) is 11.5. The zero-order chi connectivity index (χ0) is 13.5. The Morgan fingerprint density at radius 3 is 2.84 bits per heavy atom. The largest absolute Gasteiger partial charge is 0.311 e. The Morgan fingerprint density at radius 2 is 2.21 bits per heavy atom. The van der Waals surface area contributed by atoms with Gasteiger partial charge in [-0.05, 0) is 25.2 Å². The molecule has 0 amide bonds. The van der Waals surface area contributed by atoms with Gasteiger partial charge in [0.25, 0.3) is 0 Å². The van der Waals surface area contributed by atoms with Gasteiger partial charge in [0, 0.05) is 42.4 Å². The van der Waals surface area contributed by atoms with E-state index in [2.05, 4.69) is 10.2 Å². The summed E-state index contributed by atoms with van der Waals surface area (Å²) in [5.74, 6) is 2.76. The molecule has 4 unspecified atom stereocenters. The highest BCUT2D eigenvalue weighted by molar-refractivity contribution is 8.01. The van der Waals surface area contributed by atoms with E-state index in [4.69, 9.17) is 0 Å². The smallest absolute Gasteiger partial charge is 0.166 e. The first-order valence-corrected chi connectivity index (χ1v) is 10.3. The van der Waals surface area contributed by atoms with Crippen LogP contribution in [0, 0.1) is 5.92 Å². The lowest BCUT2D eigenvalue weighted by atomic mass is 9.89. The second-order valence-corrected chi connectivity index (χ2v) is 9.62. The van der Waals surface area contributed by atoms with Gasteiger partial charge in [-0.2, -0.15) is 11.8 Å². The number of nitrogens with zero attached hydrogens (tertiary/aromatic N) is 1. The van der Waals surface area contributed by atoms with Crippen molar-refractivity contribution in [2.75, 3.05) is 30.3 Å². The van der Waals surface area contributed by atoms with Crippen molar-refractivity contribution in [1.82, 2.24) is 10.2 Å².